The molecule has 14 heteroatoms. The molecule has 2 N–H and O–H groups in total. The number of fused-ring (bicyclic) bond motifs is 1. The zero-order valence-electron chi connectivity index (χ0n) is 26.0. The summed E-state index contributed by atoms with van der Waals surface area (Å²) in [6.45, 7) is 1.80. The van der Waals surface area contributed by atoms with Gasteiger partial charge in [-0.3, -0.25) is 4.72 Å². The first kappa shape index (κ1) is 30.4. The lowest BCUT2D eigenvalue weighted by Gasteiger charge is -2.24. The van der Waals surface area contributed by atoms with Crippen molar-refractivity contribution in [3.05, 3.63) is 47.7 Å². The first-order chi connectivity index (χ1) is 22.4. The van der Waals surface area contributed by atoms with Crippen LogP contribution in [0, 0.1) is 0 Å². The first-order valence-electron chi connectivity index (χ1n) is 15.4. The van der Waals surface area contributed by atoms with Crippen molar-refractivity contribution < 1.29 is 36.6 Å². The number of aromatic nitrogens is 3. The van der Waals surface area contributed by atoms with Crippen molar-refractivity contribution in [2.45, 2.75) is 55.6 Å². The summed E-state index contributed by atoms with van der Waals surface area (Å²) < 4.78 is 66.1. The van der Waals surface area contributed by atoms with E-state index in [0.29, 0.717) is 53.8 Å². The van der Waals surface area contributed by atoms with Gasteiger partial charge in [0.2, 0.25) is 0 Å². The Morgan fingerprint density at radius 1 is 0.935 bits per heavy atom. The van der Waals surface area contributed by atoms with Crippen LogP contribution >= 0.6 is 0 Å². The quantitative estimate of drug-likeness (QED) is 0.197. The second kappa shape index (κ2) is 12.5. The van der Waals surface area contributed by atoms with Crippen LogP contribution in [0.5, 0.6) is 17.2 Å². The highest BCUT2D eigenvalue weighted by atomic mass is 32.2. The van der Waals surface area contributed by atoms with Gasteiger partial charge in [0.15, 0.2) is 28.3 Å². The van der Waals surface area contributed by atoms with Crippen molar-refractivity contribution in [1.82, 2.24) is 14.9 Å². The molecule has 1 atom stereocenters. The van der Waals surface area contributed by atoms with Crippen LogP contribution < -0.4 is 24.2 Å². The number of nitrogens with zero attached hydrogens (tertiary/aromatic N) is 3. The summed E-state index contributed by atoms with van der Waals surface area (Å²) in [5.41, 5.74) is 3.93. The molecule has 2 aromatic carbocycles. The lowest BCUT2D eigenvalue weighted by Crippen LogP contribution is -2.20. The number of ether oxygens (including phenoxy) is 5. The van der Waals surface area contributed by atoms with Crippen molar-refractivity contribution in [3.8, 4) is 17.2 Å². The van der Waals surface area contributed by atoms with E-state index in [0.717, 1.165) is 55.5 Å². The second-order valence-electron chi connectivity index (χ2n) is 11.6. The summed E-state index contributed by atoms with van der Waals surface area (Å²) >= 11 is 0. The van der Waals surface area contributed by atoms with E-state index in [1.54, 1.807) is 31.4 Å². The third kappa shape index (κ3) is 5.87. The minimum Gasteiger partial charge on any atom is -0.495 e. The zero-order valence-corrected chi connectivity index (χ0v) is 26.8. The fourth-order valence-corrected chi connectivity index (χ4v) is 7.36. The molecule has 0 amide bonds. The van der Waals surface area contributed by atoms with E-state index in [1.807, 2.05) is 10.8 Å². The van der Waals surface area contributed by atoms with Crippen LogP contribution in [0.25, 0.3) is 16.5 Å². The van der Waals surface area contributed by atoms with E-state index in [4.69, 9.17) is 33.3 Å². The van der Waals surface area contributed by atoms with E-state index in [2.05, 4.69) is 21.3 Å². The molecule has 2 aromatic heterocycles. The summed E-state index contributed by atoms with van der Waals surface area (Å²) in [4.78, 5) is -0.153. The van der Waals surface area contributed by atoms with E-state index in [9.17, 15) is 8.42 Å². The summed E-state index contributed by atoms with van der Waals surface area (Å²) in [6.07, 6.45) is 7.97. The highest BCUT2D eigenvalue weighted by Crippen LogP contribution is 2.44. The van der Waals surface area contributed by atoms with Gasteiger partial charge in [0.05, 0.1) is 45.6 Å². The van der Waals surface area contributed by atoms with Gasteiger partial charge in [-0.15, -0.1) is 0 Å². The molecule has 13 nitrogen and oxygen atoms in total. The Hall–Kier alpha value is -4.27. The van der Waals surface area contributed by atoms with Crippen molar-refractivity contribution in [2.75, 3.05) is 51.2 Å². The average molecular weight is 652 g/mol. The molecule has 1 aliphatic carbocycles. The molecule has 1 saturated heterocycles. The molecule has 0 spiro atoms. The predicted octanol–water partition coefficient (Wildman–Crippen LogP) is 5.97. The van der Waals surface area contributed by atoms with Crippen LogP contribution in [0.4, 0.5) is 17.3 Å². The normalized spacial score (nSPS) is 18.7. The highest BCUT2D eigenvalue weighted by Gasteiger charge is 2.32. The number of hydrogen-bond donors (Lipinski definition) is 2. The molecular formula is C32H37N5O8S. The van der Waals surface area contributed by atoms with Crippen LogP contribution in [0.15, 0.2) is 45.8 Å². The lowest BCUT2D eigenvalue weighted by molar-refractivity contribution is -0.0409. The molecule has 1 saturated carbocycles. The number of hydrogen-bond acceptors (Lipinski definition) is 11. The summed E-state index contributed by atoms with van der Waals surface area (Å²) in [5, 5.41) is 12.7. The zero-order chi connectivity index (χ0) is 31.8. The minimum absolute atomic E-state index is 0.00471. The molecule has 244 valence electrons. The van der Waals surface area contributed by atoms with Gasteiger partial charge >= 0.3 is 0 Å². The molecule has 46 heavy (non-hydrogen) atoms. The Morgan fingerprint density at radius 3 is 2.37 bits per heavy atom. The van der Waals surface area contributed by atoms with E-state index >= 15 is 0 Å². The van der Waals surface area contributed by atoms with Crippen LogP contribution in [0.1, 0.15) is 61.9 Å². The molecule has 2 fully saturated rings. The van der Waals surface area contributed by atoms with Gasteiger partial charge in [-0.2, -0.15) is 5.10 Å². The van der Waals surface area contributed by atoms with Crippen LogP contribution in [0.2, 0.25) is 0 Å². The molecule has 2 aliphatic heterocycles. The maximum atomic E-state index is 13.8. The molecule has 0 radical (unpaired) electrons. The number of sulfonamides is 1. The van der Waals surface area contributed by atoms with Crippen LogP contribution in [-0.4, -0.2) is 64.5 Å². The Kier molecular flexibility index (Phi) is 8.25. The molecule has 3 aliphatic rings. The molecule has 0 bridgehead atoms. The maximum absolute atomic E-state index is 13.8. The smallest absolute Gasteiger partial charge is 0.270 e. The average Bonchev–Trinajstić information content (AvgIpc) is 3.75. The first-order valence-corrected chi connectivity index (χ1v) is 16.9. The number of nitrogens with one attached hydrogen (secondary N) is 2. The van der Waals surface area contributed by atoms with Gasteiger partial charge in [-0.25, -0.2) is 13.1 Å². The fourth-order valence-electron chi connectivity index (χ4n) is 6.04. The molecular weight excluding hydrogens is 614 g/mol. The third-order valence-corrected chi connectivity index (χ3v) is 9.94. The summed E-state index contributed by atoms with van der Waals surface area (Å²) in [5.74, 6) is 1.86. The predicted molar refractivity (Wildman–Crippen MR) is 171 cm³/mol. The van der Waals surface area contributed by atoms with E-state index in [1.165, 1.54) is 14.2 Å². The van der Waals surface area contributed by atoms with Crippen molar-refractivity contribution in [2.24, 2.45) is 0 Å². The lowest BCUT2D eigenvalue weighted by atomic mass is 10.0. The molecule has 1 unspecified atom stereocenters. The standard InChI is InChI=1S/C32H37N5O8S/c1-40-26-16-22-25(17-23(26)33-29-18-24(20-7-8-20)37(34-29)30-6-4-5-11-44-30)45-35-32(22)36-46(38,39)31-27(41-2)14-21(15-28(31)42-3)19-9-12-43-13-10-19/h9,14-18,20,30H,4-8,10-13H2,1-3H3,(H,33,34)(H,35,36). The molecule has 4 heterocycles. The monoisotopic (exact) mass is 651 g/mol. The number of benzene rings is 2. The highest BCUT2D eigenvalue weighted by molar-refractivity contribution is 7.93. The summed E-state index contributed by atoms with van der Waals surface area (Å²) in [6, 6.07) is 8.82. The van der Waals surface area contributed by atoms with Gasteiger partial charge < -0.3 is 33.5 Å². The van der Waals surface area contributed by atoms with Gasteiger partial charge in [0.1, 0.15) is 17.2 Å². The van der Waals surface area contributed by atoms with Gasteiger partial charge in [0.25, 0.3) is 10.0 Å². The van der Waals surface area contributed by atoms with Crippen LogP contribution in [-0.2, 0) is 19.5 Å². The van der Waals surface area contributed by atoms with Crippen LogP contribution in [0.3, 0.4) is 0 Å². The maximum Gasteiger partial charge on any atom is 0.270 e. The van der Waals surface area contributed by atoms with Crippen molar-refractivity contribution >= 4 is 43.9 Å². The number of rotatable bonds is 11. The number of methoxy groups -OCH3 is 3. The van der Waals surface area contributed by atoms with Crippen molar-refractivity contribution in [3.63, 3.8) is 0 Å². The molecule has 7 rings (SSSR count). The van der Waals surface area contributed by atoms with Gasteiger partial charge in [-0.1, -0.05) is 11.2 Å². The number of anilines is 3. The van der Waals surface area contributed by atoms with Gasteiger partial charge in [0, 0.05) is 30.4 Å². The van der Waals surface area contributed by atoms with E-state index in [-0.39, 0.29) is 28.4 Å². The summed E-state index contributed by atoms with van der Waals surface area (Å²) in [7, 11) is 0.125. The largest absolute Gasteiger partial charge is 0.495 e. The fraction of sp³-hybridized carbons (Fsp3) is 0.438. The Bertz CT molecular complexity index is 1860. The Labute approximate surface area is 266 Å². The second-order valence-corrected chi connectivity index (χ2v) is 13.2. The minimum atomic E-state index is -4.25. The topological polar surface area (TPSA) is 148 Å². The Balaban J connectivity index is 1.18. The SMILES string of the molecule is COc1cc2c(NS(=O)(=O)c3c(OC)cc(C4=CCOCC4)cc3OC)noc2cc1Nc1cc(C2CC2)n(C2CCCCO2)n1. The third-order valence-electron chi connectivity index (χ3n) is 8.54. The van der Waals surface area contributed by atoms with Crippen molar-refractivity contribution in [1.29, 1.82) is 0 Å². The van der Waals surface area contributed by atoms with E-state index < -0.39 is 10.0 Å². The Morgan fingerprint density at radius 2 is 1.72 bits per heavy atom. The molecule has 4 aromatic rings. The van der Waals surface area contributed by atoms with Gasteiger partial charge in [-0.05, 0) is 67.9 Å².